The molecule has 12 heteroatoms. The number of hydrazine groups is 1. The summed E-state index contributed by atoms with van der Waals surface area (Å²) < 4.78 is 45.4. The van der Waals surface area contributed by atoms with Crippen LogP contribution in [-0.4, -0.2) is 38.9 Å². The molecule has 1 N–H and O–H groups in total. The van der Waals surface area contributed by atoms with Gasteiger partial charge in [0.15, 0.2) is 0 Å². The first-order chi connectivity index (χ1) is 14.7. The third-order valence-electron chi connectivity index (χ3n) is 4.26. The molecule has 0 aliphatic rings. The number of ether oxygens (including phenoxy) is 1. The van der Waals surface area contributed by atoms with Crippen LogP contribution in [0.2, 0.25) is 0 Å². The SMILES string of the molecule is C=NC(=Nc1cc([N+](=O)[O-])c(F)cc1OC)NN(c1ccccc1CC)S(=O)(=O)CC. The van der Waals surface area contributed by atoms with Gasteiger partial charge >= 0.3 is 5.69 Å². The second-order valence-corrected chi connectivity index (χ2v) is 8.19. The lowest BCUT2D eigenvalue weighted by Gasteiger charge is -2.26. The number of aliphatic imine (C=N–C) groups is 2. The Balaban J connectivity index is 2.61. The van der Waals surface area contributed by atoms with Crippen molar-refractivity contribution in [1.82, 2.24) is 5.43 Å². The van der Waals surface area contributed by atoms with Gasteiger partial charge in [0.1, 0.15) is 11.4 Å². The number of methoxy groups -OCH3 is 1. The van der Waals surface area contributed by atoms with Gasteiger partial charge in [-0.2, -0.15) is 8.80 Å². The maximum Gasteiger partial charge on any atom is 0.307 e. The standard InChI is InChI=1S/C19H22FN5O5S/c1-5-13-9-7-8-10-16(13)24(31(28,29)6-2)23-19(21-3)22-15-12-17(25(26)27)14(20)11-18(15)30-4/h7-12H,3,5-6H2,1-2,4H3,(H,22,23). The van der Waals surface area contributed by atoms with Crippen LogP contribution < -0.4 is 14.6 Å². The molecule has 0 amide bonds. The highest BCUT2D eigenvalue weighted by Gasteiger charge is 2.25. The fourth-order valence-corrected chi connectivity index (χ4v) is 3.60. The van der Waals surface area contributed by atoms with Crippen LogP contribution in [0.15, 0.2) is 46.4 Å². The fourth-order valence-electron chi connectivity index (χ4n) is 2.64. The number of aryl methyl sites for hydroxylation is 1. The number of nitro groups is 1. The van der Waals surface area contributed by atoms with Crippen molar-refractivity contribution < 1.29 is 22.5 Å². The molecule has 0 bridgehead atoms. The first kappa shape index (κ1) is 23.7. The molecule has 2 rings (SSSR count). The molecule has 0 aliphatic carbocycles. The average Bonchev–Trinajstić information content (AvgIpc) is 2.76. The monoisotopic (exact) mass is 451 g/mol. The molecule has 2 aromatic carbocycles. The van der Waals surface area contributed by atoms with E-state index < -0.39 is 26.5 Å². The topological polar surface area (TPSA) is 126 Å². The fraction of sp³-hybridized carbons (Fsp3) is 0.263. The van der Waals surface area contributed by atoms with Crippen LogP contribution in [0.3, 0.4) is 0 Å². The average molecular weight is 451 g/mol. The van der Waals surface area contributed by atoms with E-state index in [1.165, 1.54) is 14.0 Å². The minimum atomic E-state index is -3.83. The Labute approximate surface area is 179 Å². The summed E-state index contributed by atoms with van der Waals surface area (Å²) in [6, 6.07) is 8.52. The molecule has 0 fully saturated rings. The molecular weight excluding hydrogens is 429 g/mol. The Morgan fingerprint density at radius 3 is 2.55 bits per heavy atom. The number of nitrogens with one attached hydrogen (secondary N) is 1. The van der Waals surface area contributed by atoms with Crippen molar-refractivity contribution in [3.8, 4) is 5.75 Å². The molecule has 0 saturated heterocycles. The first-order valence-corrected chi connectivity index (χ1v) is 10.7. The zero-order valence-corrected chi connectivity index (χ0v) is 18.0. The molecule has 166 valence electrons. The predicted molar refractivity (Wildman–Crippen MR) is 117 cm³/mol. The van der Waals surface area contributed by atoms with Crippen LogP contribution in [0.4, 0.5) is 21.5 Å². The quantitative estimate of drug-likeness (QED) is 0.284. The molecule has 0 radical (unpaired) electrons. The van der Waals surface area contributed by atoms with Crippen LogP contribution in [0.25, 0.3) is 0 Å². The van der Waals surface area contributed by atoms with Crippen molar-refractivity contribution in [3.05, 3.63) is 57.9 Å². The maximum atomic E-state index is 13.9. The van der Waals surface area contributed by atoms with Gasteiger partial charge in [0.05, 0.1) is 23.5 Å². The van der Waals surface area contributed by atoms with Crippen molar-refractivity contribution in [2.45, 2.75) is 20.3 Å². The Kier molecular flexibility index (Phi) is 7.64. The van der Waals surface area contributed by atoms with E-state index in [-0.39, 0.29) is 23.1 Å². The van der Waals surface area contributed by atoms with Crippen LogP contribution in [0, 0.1) is 15.9 Å². The number of nitro benzene ring substituents is 1. The van der Waals surface area contributed by atoms with Gasteiger partial charge in [-0.15, -0.1) is 0 Å². The Morgan fingerprint density at radius 2 is 2.00 bits per heavy atom. The molecule has 2 aromatic rings. The van der Waals surface area contributed by atoms with E-state index in [2.05, 4.69) is 22.1 Å². The summed E-state index contributed by atoms with van der Waals surface area (Å²) in [4.78, 5) is 17.9. The highest BCUT2D eigenvalue weighted by atomic mass is 32.2. The number of sulfonamides is 1. The lowest BCUT2D eigenvalue weighted by Crippen LogP contribution is -2.47. The number of anilines is 1. The van der Waals surface area contributed by atoms with Crippen molar-refractivity contribution in [3.63, 3.8) is 0 Å². The number of para-hydroxylation sites is 1. The predicted octanol–water partition coefficient (Wildman–Crippen LogP) is 3.35. The molecule has 0 aliphatic heterocycles. The van der Waals surface area contributed by atoms with Crippen molar-refractivity contribution >= 4 is 39.8 Å². The zero-order valence-electron chi connectivity index (χ0n) is 17.2. The van der Waals surface area contributed by atoms with E-state index in [1.54, 1.807) is 24.3 Å². The summed E-state index contributed by atoms with van der Waals surface area (Å²) in [5, 5.41) is 11.1. The normalized spacial score (nSPS) is 11.7. The van der Waals surface area contributed by atoms with Crippen LogP contribution in [0.1, 0.15) is 19.4 Å². The lowest BCUT2D eigenvalue weighted by atomic mass is 10.1. The summed E-state index contributed by atoms with van der Waals surface area (Å²) in [6.07, 6.45) is 0.555. The summed E-state index contributed by atoms with van der Waals surface area (Å²) >= 11 is 0. The van der Waals surface area contributed by atoms with E-state index in [0.29, 0.717) is 12.1 Å². The maximum absolute atomic E-state index is 13.9. The van der Waals surface area contributed by atoms with E-state index in [9.17, 15) is 22.9 Å². The number of nitrogens with zero attached hydrogens (tertiary/aromatic N) is 4. The number of hydrogen-bond donors (Lipinski definition) is 1. The summed E-state index contributed by atoms with van der Waals surface area (Å²) in [5.41, 5.74) is 2.74. The van der Waals surface area contributed by atoms with E-state index in [0.717, 1.165) is 22.1 Å². The Bertz CT molecular complexity index is 1120. The lowest BCUT2D eigenvalue weighted by molar-refractivity contribution is -0.387. The number of benzene rings is 2. The third kappa shape index (κ3) is 5.34. The van der Waals surface area contributed by atoms with Gasteiger partial charge in [0, 0.05) is 12.1 Å². The van der Waals surface area contributed by atoms with Gasteiger partial charge in [-0.05, 0) is 31.7 Å². The number of hydrogen-bond acceptors (Lipinski definition) is 6. The highest BCUT2D eigenvalue weighted by Crippen LogP contribution is 2.34. The summed E-state index contributed by atoms with van der Waals surface area (Å²) in [5.74, 6) is -1.73. The molecule has 10 nitrogen and oxygen atoms in total. The van der Waals surface area contributed by atoms with E-state index in [1.807, 2.05) is 6.92 Å². The number of guanidine groups is 1. The largest absolute Gasteiger partial charge is 0.494 e. The molecule has 0 atom stereocenters. The number of rotatable bonds is 8. The highest BCUT2D eigenvalue weighted by molar-refractivity contribution is 7.92. The van der Waals surface area contributed by atoms with Crippen molar-refractivity contribution in [1.29, 1.82) is 0 Å². The second kappa shape index (κ2) is 9.98. The second-order valence-electron chi connectivity index (χ2n) is 6.09. The smallest absolute Gasteiger partial charge is 0.307 e. The molecule has 0 spiro atoms. The van der Waals surface area contributed by atoms with Crippen LogP contribution in [-0.2, 0) is 16.4 Å². The minimum absolute atomic E-state index is 0.107. The molecular formula is C19H22FN5O5S. The van der Waals surface area contributed by atoms with Gasteiger partial charge in [-0.25, -0.2) is 18.4 Å². The molecule has 0 heterocycles. The molecule has 0 unspecified atom stereocenters. The molecule has 31 heavy (non-hydrogen) atoms. The van der Waals surface area contributed by atoms with Crippen molar-refractivity contribution in [2.24, 2.45) is 9.98 Å². The summed E-state index contributed by atoms with van der Waals surface area (Å²) in [6.45, 7) is 6.72. The van der Waals surface area contributed by atoms with Gasteiger partial charge in [0.25, 0.3) is 10.0 Å². The van der Waals surface area contributed by atoms with Crippen LogP contribution >= 0.6 is 0 Å². The summed E-state index contributed by atoms with van der Waals surface area (Å²) in [7, 11) is -2.60. The van der Waals surface area contributed by atoms with Gasteiger partial charge in [-0.3, -0.25) is 15.5 Å². The molecule has 0 aromatic heterocycles. The van der Waals surface area contributed by atoms with E-state index in [4.69, 9.17) is 4.74 Å². The molecule has 0 saturated carbocycles. The third-order valence-corrected chi connectivity index (χ3v) is 5.83. The van der Waals surface area contributed by atoms with Crippen LogP contribution in [0.5, 0.6) is 5.75 Å². The van der Waals surface area contributed by atoms with Gasteiger partial charge < -0.3 is 4.74 Å². The first-order valence-electron chi connectivity index (χ1n) is 9.13. The minimum Gasteiger partial charge on any atom is -0.494 e. The van der Waals surface area contributed by atoms with Crippen molar-refractivity contribution in [2.75, 3.05) is 17.3 Å². The Morgan fingerprint density at radius 1 is 1.32 bits per heavy atom. The van der Waals surface area contributed by atoms with Gasteiger partial charge in [-0.1, -0.05) is 25.1 Å². The Hall–Kier alpha value is -3.54. The zero-order chi connectivity index (χ0) is 23.2. The van der Waals surface area contributed by atoms with Gasteiger partial charge in [0.2, 0.25) is 11.8 Å². The van der Waals surface area contributed by atoms with E-state index >= 15 is 0 Å². The number of halogens is 1.